The van der Waals surface area contributed by atoms with E-state index in [4.69, 9.17) is 0 Å². The monoisotopic (exact) mass is 200 g/mol. The summed E-state index contributed by atoms with van der Waals surface area (Å²) < 4.78 is 24.2. The van der Waals surface area contributed by atoms with E-state index in [0.29, 0.717) is 4.90 Å². The molecule has 0 bridgehead atoms. The van der Waals surface area contributed by atoms with Crippen molar-refractivity contribution in [3.63, 3.8) is 0 Å². The molecule has 0 spiro atoms. The second kappa shape index (κ2) is 3.87. The summed E-state index contributed by atoms with van der Waals surface area (Å²) in [7, 11) is -3.06. The van der Waals surface area contributed by atoms with E-state index in [0.717, 1.165) is 13.0 Å². The van der Waals surface area contributed by atoms with Crippen LogP contribution in [0.1, 0.15) is 13.3 Å². The lowest BCUT2D eigenvalue weighted by Crippen LogP contribution is -2.33. The minimum atomic E-state index is -3.06. The minimum absolute atomic E-state index is 0.378. The van der Waals surface area contributed by atoms with E-state index in [1.54, 1.807) is 18.3 Å². The molecule has 1 aromatic heterocycles. The van der Waals surface area contributed by atoms with Crippen LogP contribution in [-0.2, 0) is 16.4 Å². The zero-order valence-electron chi connectivity index (χ0n) is 7.90. The lowest BCUT2D eigenvalue weighted by Gasteiger charge is -1.96. The van der Waals surface area contributed by atoms with E-state index in [1.165, 1.54) is 6.26 Å². The third kappa shape index (κ3) is 2.81. The Morgan fingerprint density at radius 3 is 2.69 bits per heavy atom. The molecule has 0 atom stereocenters. The molecule has 72 valence electrons. The Balaban J connectivity index is 3.06. The molecule has 0 saturated heterocycles. The predicted molar refractivity (Wildman–Crippen MR) is 50.0 cm³/mol. The van der Waals surface area contributed by atoms with Crippen LogP contribution in [-0.4, -0.2) is 14.7 Å². The Morgan fingerprint density at radius 2 is 2.15 bits per heavy atom. The van der Waals surface area contributed by atoms with Gasteiger partial charge in [0.2, 0.25) is 0 Å². The van der Waals surface area contributed by atoms with Gasteiger partial charge >= 0.3 is 0 Å². The first-order valence-electron chi connectivity index (χ1n) is 4.23. The zero-order valence-corrected chi connectivity index (χ0v) is 8.71. The SMILES string of the molecule is CCC[n+]1cccc(S(C)(=O)=O)c1. The number of hydrogen-bond acceptors (Lipinski definition) is 2. The Bertz CT molecular complexity index is 384. The summed E-state index contributed by atoms with van der Waals surface area (Å²) in [5.41, 5.74) is 0. The summed E-state index contributed by atoms with van der Waals surface area (Å²) in [6.07, 6.45) is 5.76. The lowest BCUT2D eigenvalue weighted by atomic mass is 10.4. The van der Waals surface area contributed by atoms with Gasteiger partial charge in [-0.3, -0.25) is 0 Å². The molecule has 1 aromatic rings. The fraction of sp³-hybridized carbons (Fsp3) is 0.444. The van der Waals surface area contributed by atoms with Gasteiger partial charge in [-0.25, -0.2) is 13.0 Å². The summed E-state index contributed by atoms with van der Waals surface area (Å²) in [6.45, 7) is 2.91. The van der Waals surface area contributed by atoms with Crippen molar-refractivity contribution < 1.29 is 13.0 Å². The van der Waals surface area contributed by atoms with Crippen LogP contribution in [0.5, 0.6) is 0 Å². The number of rotatable bonds is 3. The van der Waals surface area contributed by atoms with Gasteiger partial charge in [0.1, 0.15) is 11.4 Å². The molecule has 1 heterocycles. The molecule has 0 unspecified atom stereocenters. The Kier molecular flexibility index (Phi) is 3.03. The molecule has 0 aliphatic carbocycles. The number of aromatic nitrogens is 1. The first-order valence-corrected chi connectivity index (χ1v) is 6.12. The minimum Gasteiger partial charge on any atom is -0.224 e. The topological polar surface area (TPSA) is 38.0 Å². The van der Waals surface area contributed by atoms with E-state index < -0.39 is 9.84 Å². The fourth-order valence-corrected chi connectivity index (χ4v) is 1.77. The molecule has 0 N–H and O–H groups in total. The molecule has 0 amide bonds. The zero-order chi connectivity index (χ0) is 9.90. The molecule has 0 saturated carbocycles. The van der Waals surface area contributed by atoms with Crippen molar-refractivity contribution in [2.75, 3.05) is 6.26 Å². The second-order valence-corrected chi connectivity index (χ2v) is 5.07. The molecular weight excluding hydrogens is 186 g/mol. The van der Waals surface area contributed by atoms with Crippen molar-refractivity contribution in [1.82, 2.24) is 0 Å². The van der Waals surface area contributed by atoms with Crippen molar-refractivity contribution >= 4 is 9.84 Å². The normalized spacial score (nSPS) is 11.5. The van der Waals surface area contributed by atoms with Crippen molar-refractivity contribution in [3.8, 4) is 0 Å². The van der Waals surface area contributed by atoms with Crippen LogP contribution in [0.2, 0.25) is 0 Å². The molecular formula is C9H14NO2S+. The largest absolute Gasteiger partial charge is 0.224 e. The third-order valence-electron chi connectivity index (χ3n) is 1.74. The summed E-state index contributed by atoms with van der Waals surface area (Å²) in [5, 5.41) is 0. The van der Waals surface area contributed by atoms with E-state index in [9.17, 15) is 8.42 Å². The molecule has 4 heteroatoms. The Hall–Kier alpha value is -0.900. The number of pyridine rings is 1. The summed E-state index contributed by atoms with van der Waals surface area (Å²) in [5.74, 6) is 0. The van der Waals surface area contributed by atoms with Crippen LogP contribution in [0.25, 0.3) is 0 Å². The molecule has 0 fully saturated rings. The number of hydrogen-bond donors (Lipinski definition) is 0. The van der Waals surface area contributed by atoms with Gasteiger partial charge < -0.3 is 0 Å². The van der Waals surface area contributed by atoms with Crippen LogP contribution in [0, 0.1) is 0 Å². The first-order chi connectivity index (χ1) is 6.04. The first kappa shape index (κ1) is 10.2. The maximum Gasteiger partial charge on any atom is 0.187 e. The summed E-state index contributed by atoms with van der Waals surface area (Å²) in [4.78, 5) is 0.378. The van der Waals surface area contributed by atoms with Gasteiger partial charge in [-0.1, -0.05) is 6.92 Å². The lowest BCUT2D eigenvalue weighted by molar-refractivity contribution is -0.698. The highest BCUT2D eigenvalue weighted by Gasteiger charge is 2.10. The van der Waals surface area contributed by atoms with E-state index in [-0.39, 0.29) is 0 Å². The quantitative estimate of drug-likeness (QED) is 0.676. The average Bonchev–Trinajstić information content (AvgIpc) is 2.04. The van der Waals surface area contributed by atoms with Crippen LogP contribution in [0.3, 0.4) is 0 Å². The maximum atomic E-state index is 11.2. The van der Waals surface area contributed by atoms with E-state index in [1.807, 2.05) is 10.8 Å². The molecule has 3 nitrogen and oxygen atoms in total. The van der Waals surface area contributed by atoms with E-state index in [2.05, 4.69) is 6.92 Å². The fourth-order valence-electron chi connectivity index (χ4n) is 1.11. The molecule has 0 aliphatic heterocycles. The van der Waals surface area contributed by atoms with Crippen LogP contribution >= 0.6 is 0 Å². The molecule has 0 radical (unpaired) electrons. The molecule has 0 aromatic carbocycles. The number of sulfone groups is 1. The van der Waals surface area contributed by atoms with Gasteiger partial charge in [-0.2, -0.15) is 0 Å². The number of aryl methyl sites for hydroxylation is 1. The van der Waals surface area contributed by atoms with Crippen LogP contribution in [0.4, 0.5) is 0 Å². The van der Waals surface area contributed by atoms with Crippen molar-refractivity contribution in [2.45, 2.75) is 24.8 Å². The van der Waals surface area contributed by atoms with Gasteiger partial charge in [-0.15, -0.1) is 0 Å². The van der Waals surface area contributed by atoms with Crippen LogP contribution in [0.15, 0.2) is 29.4 Å². The predicted octanol–water partition coefficient (Wildman–Crippen LogP) is 0.788. The van der Waals surface area contributed by atoms with Gasteiger partial charge in [-0.05, 0) is 6.07 Å². The summed E-state index contributed by atoms with van der Waals surface area (Å²) in [6, 6.07) is 3.37. The Morgan fingerprint density at radius 1 is 1.46 bits per heavy atom. The van der Waals surface area contributed by atoms with Gasteiger partial charge in [0.15, 0.2) is 22.2 Å². The van der Waals surface area contributed by atoms with Crippen molar-refractivity contribution in [2.24, 2.45) is 0 Å². The third-order valence-corrected chi connectivity index (χ3v) is 2.84. The van der Waals surface area contributed by atoms with Gasteiger partial charge in [0.25, 0.3) is 0 Å². The van der Waals surface area contributed by atoms with Crippen LogP contribution < -0.4 is 4.57 Å². The molecule has 13 heavy (non-hydrogen) atoms. The standard InChI is InChI=1S/C9H14NO2S/c1-3-6-10-7-4-5-9(8-10)13(2,11)12/h4-5,7-8H,3,6H2,1-2H3/q+1. The molecule has 0 aliphatic rings. The molecule has 1 rings (SSSR count). The highest BCUT2D eigenvalue weighted by atomic mass is 32.2. The van der Waals surface area contributed by atoms with Crippen molar-refractivity contribution in [1.29, 1.82) is 0 Å². The smallest absolute Gasteiger partial charge is 0.187 e. The van der Waals surface area contributed by atoms with E-state index >= 15 is 0 Å². The average molecular weight is 200 g/mol. The highest BCUT2D eigenvalue weighted by molar-refractivity contribution is 7.90. The van der Waals surface area contributed by atoms with Crippen molar-refractivity contribution in [3.05, 3.63) is 24.5 Å². The van der Waals surface area contributed by atoms with Gasteiger partial charge in [0.05, 0.1) is 0 Å². The number of nitrogens with zero attached hydrogens (tertiary/aromatic N) is 1. The Labute approximate surface area is 78.9 Å². The van der Waals surface area contributed by atoms with Gasteiger partial charge in [0, 0.05) is 18.7 Å². The second-order valence-electron chi connectivity index (χ2n) is 3.05. The highest BCUT2D eigenvalue weighted by Crippen LogP contribution is 2.03. The summed E-state index contributed by atoms with van der Waals surface area (Å²) >= 11 is 0. The maximum absolute atomic E-state index is 11.2.